The van der Waals surface area contributed by atoms with E-state index in [0.29, 0.717) is 11.8 Å². The number of carbonyl (C=O) groups is 2. The predicted molar refractivity (Wildman–Crippen MR) is 83.2 cm³/mol. The fourth-order valence-corrected chi connectivity index (χ4v) is 5.20. The van der Waals surface area contributed by atoms with Gasteiger partial charge in [-0.05, 0) is 67.2 Å². The first-order valence-corrected chi connectivity index (χ1v) is 8.18. The van der Waals surface area contributed by atoms with Gasteiger partial charge in [-0.3, -0.25) is 14.5 Å². The van der Waals surface area contributed by atoms with Crippen LogP contribution in [0.1, 0.15) is 24.0 Å². The van der Waals surface area contributed by atoms with Gasteiger partial charge in [-0.1, -0.05) is 18.2 Å². The summed E-state index contributed by atoms with van der Waals surface area (Å²) in [6.07, 6.45) is 6.81. The maximum absolute atomic E-state index is 13.0. The lowest BCUT2D eigenvalue weighted by Gasteiger charge is -2.22. The number of benzene rings is 1. The lowest BCUT2D eigenvalue weighted by atomic mass is 9.85. The van der Waals surface area contributed by atoms with Gasteiger partial charge in [0.2, 0.25) is 11.8 Å². The number of nitrogens with zero attached hydrogens (tertiary/aromatic N) is 1. The monoisotopic (exact) mass is 293 g/mol. The van der Waals surface area contributed by atoms with Gasteiger partial charge in [0.15, 0.2) is 0 Å². The molecule has 0 aromatic heterocycles. The molecule has 3 aliphatic carbocycles. The zero-order valence-electron chi connectivity index (χ0n) is 12.9. The van der Waals surface area contributed by atoms with Crippen LogP contribution < -0.4 is 4.90 Å². The lowest BCUT2D eigenvalue weighted by molar-refractivity contribution is -0.123. The van der Waals surface area contributed by atoms with Crippen molar-refractivity contribution in [3.05, 3.63) is 41.5 Å². The molecule has 3 fully saturated rings. The van der Waals surface area contributed by atoms with Gasteiger partial charge >= 0.3 is 0 Å². The third-order valence-electron chi connectivity index (χ3n) is 6.60. The number of carbonyl (C=O) groups excluding carboxylic acids is 2. The molecule has 4 atom stereocenters. The summed E-state index contributed by atoms with van der Waals surface area (Å²) in [5.74, 6) is 0.451. The molecule has 22 heavy (non-hydrogen) atoms. The van der Waals surface area contributed by atoms with Crippen LogP contribution >= 0.6 is 0 Å². The minimum atomic E-state index is -0.105. The fourth-order valence-electron chi connectivity index (χ4n) is 5.20. The van der Waals surface area contributed by atoms with Gasteiger partial charge in [0, 0.05) is 0 Å². The Balaban J connectivity index is 1.57. The molecule has 3 heteroatoms. The summed E-state index contributed by atoms with van der Waals surface area (Å²) >= 11 is 0. The molecule has 112 valence electrons. The Morgan fingerprint density at radius 1 is 0.955 bits per heavy atom. The molecule has 2 amide bonds. The number of rotatable bonds is 1. The number of imide groups is 1. The molecule has 5 rings (SSSR count). The maximum Gasteiger partial charge on any atom is 0.238 e. The molecule has 1 aromatic carbocycles. The van der Waals surface area contributed by atoms with Crippen molar-refractivity contribution < 1.29 is 9.59 Å². The predicted octanol–water partition coefficient (Wildman–Crippen LogP) is 3.01. The second-order valence-corrected chi connectivity index (χ2v) is 7.50. The van der Waals surface area contributed by atoms with Crippen LogP contribution in [-0.4, -0.2) is 11.8 Å². The van der Waals surface area contributed by atoms with Crippen LogP contribution in [0.5, 0.6) is 0 Å². The maximum atomic E-state index is 13.0. The zero-order chi connectivity index (χ0) is 15.2. The second-order valence-electron chi connectivity index (χ2n) is 7.50. The number of hydrogen-bond donors (Lipinski definition) is 0. The largest absolute Gasteiger partial charge is 0.274 e. The van der Waals surface area contributed by atoms with Gasteiger partial charge in [-0.15, -0.1) is 0 Å². The van der Waals surface area contributed by atoms with Crippen LogP contribution in [0.25, 0.3) is 0 Å². The number of allylic oxidation sites excluding steroid dienone is 2. The van der Waals surface area contributed by atoms with E-state index in [9.17, 15) is 9.59 Å². The molecule has 0 N–H and O–H groups in total. The van der Waals surface area contributed by atoms with Crippen molar-refractivity contribution in [2.24, 2.45) is 29.1 Å². The van der Waals surface area contributed by atoms with E-state index < -0.39 is 0 Å². The van der Waals surface area contributed by atoms with E-state index in [4.69, 9.17) is 0 Å². The van der Waals surface area contributed by atoms with Gasteiger partial charge in [-0.2, -0.15) is 0 Å². The second kappa shape index (κ2) is 3.70. The van der Waals surface area contributed by atoms with Crippen molar-refractivity contribution in [3.8, 4) is 0 Å². The Morgan fingerprint density at radius 3 is 2.05 bits per heavy atom. The number of amides is 2. The average molecular weight is 293 g/mol. The summed E-state index contributed by atoms with van der Waals surface area (Å²) in [5.41, 5.74) is 3.32. The van der Waals surface area contributed by atoms with Gasteiger partial charge in [-0.25, -0.2) is 0 Å². The summed E-state index contributed by atoms with van der Waals surface area (Å²) in [7, 11) is 0. The van der Waals surface area contributed by atoms with Gasteiger partial charge < -0.3 is 0 Å². The number of fused-ring (bicyclic) bond motifs is 3. The first kappa shape index (κ1) is 12.6. The van der Waals surface area contributed by atoms with Gasteiger partial charge in [0.25, 0.3) is 0 Å². The van der Waals surface area contributed by atoms with Crippen molar-refractivity contribution in [1.29, 1.82) is 0 Å². The molecule has 0 unspecified atom stereocenters. The van der Waals surface area contributed by atoms with E-state index in [2.05, 4.69) is 12.2 Å². The van der Waals surface area contributed by atoms with E-state index in [1.165, 1.54) is 23.3 Å². The third-order valence-corrected chi connectivity index (χ3v) is 6.60. The van der Waals surface area contributed by atoms with E-state index in [1.54, 1.807) is 0 Å². The fraction of sp³-hybridized carbons (Fsp3) is 0.474. The summed E-state index contributed by atoms with van der Waals surface area (Å²) in [4.78, 5) is 27.4. The average Bonchev–Trinajstić information content (AvgIpc) is 3.08. The molecule has 2 saturated carbocycles. The molecular formula is C19H19NO2. The van der Waals surface area contributed by atoms with Crippen LogP contribution in [0, 0.1) is 42.9 Å². The quantitative estimate of drug-likeness (QED) is 0.589. The first-order chi connectivity index (χ1) is 10.5. The summed E-state index contributed by atoms with van der Waals surface area (Å²) < 4.78 is 0. The topological polar surface area (TPSA) is 37.4 Å². The molecule has 0 radical (unpaired) electrons. The first-order valence-electron chi connectivity index (χ1n) is 8.18. The highest BCUT2D eigenvalue weighted by atomic mass is 16.2. The molecular weight excluding hydrogens is 274 g/mol. The molecule has 1 heterocycles. The van der Waals surface area contributed by atoms with Gasteiger partial charge in [0.05, 0.1) is 17.5 Å². The van der Waals surface area contributed by atoms with Crippen LogP contribution in [0.15, 0.2) is 30.4 Å². The lowest BCUT2D eigenvalue weighted by Crippen LogP contribution is -2.34. The van der Waals surface area contributed by atoms with Gasteiger partial charge in [0.1, 0.15) is 0 Å². The summed E-state index contributed by atoms with van der Waals surface area (Å²) in [6, 6.07) is 5.87. The van der Waals surface area contributed by atoms with Crippen molar-refractivity contribution in [1.82, 2.24) is 0 Å². The summed E-state index contributed by atoms with van der Waals surface area (Å²) in [5, 5.41) is 0. The Bertz CT molecular complexity index is 725. The van der Waals surface area contributed by atoms with Crippen LogP contribution in [-0.2, 0) is 9.59 Å². The zero-order valence-corrected chi connectivity index (χ0v) is 12.9. The normalized spacial score (nSPS) is 36.5. The standard InChI is InChI=1S/C19H19NO2/c1-10-3-4-12(9-11(10)2)20-17(21)15-13-5-6-14(16(15)18(20)22)19(13)7-8-19/h3-6,9,13-16H,7-8H2,1-2H3/t13-,14+,15-,16-/m0/s1. The summed E-state index contributed by atoms with van der Waals surface area (Å²) in [6.45, 7) is 4.07. The molecule has 4 aliphatic rings. The van der Waals surface area contributed by atoms with Crippen molar-refractivity contribution in [2.45, 2.75) is 26.7 Å². The minimum absolute atomic E-state index is 0.0291. The number of anilines is 1. The minimum Gasteiger partial charge on any atom is -0.274 e. The molecule has 3 nitrogen and oxygen atoms in total. The van der Waals surface area contributed by atoms with Crippen molar-refractivity contribution >= 4 is 17.5 Å². The Kier molecular flexibility index (Phi) is 2.13. The van der Waals surface area contributed by atoms with E-state index >= 15 is 0 Å². The molecule has 1 aromatic rings. The van der Waals surface area contributed by atoms with Crippen LogP contribution in [0.3, 0.4) is 0 Å². The number of aryl methyl sites for hydroxylation is 2. The number of hydrogen-bond acceptors (Lipinski definition) is 2. The third kappa shape index (κ3) is 1.25. The Morgan fingerprint density at radius 2 is 1.55 bits per heavy atom. The highest BCUT2D eigenvalue weighted by Gasteiger charge is 2.73. The molecule has 1 aliphatic heterocycles. The highest BCUT2D eigenvalue weighted by Crippen LogP contribution is 2.73. The van der Waals surface area contributed by atoms with E-state index in [0.717, 1.165) is 11.3 Å². The van der Waals surface area contributed by atoms with E-state index in [1.807, 2.05) is 32.0 Å². The Labute approximate surface area is 130 Å². The van der Waals surface area contributed by atoms with Crippen LogP contribution in [0.2, 0.25) is 0 Å². The van der Waals surface area contributed by atoms with Crippen molar-refractivity contribution in [2.75, 3.05) is 4.90 Å². The van der Waals surface area contributed by atoms with Crippen LogP contribution in [0.4, 0.5) is 5.69 Å². The highest BCUT2D eigenvalue weighted by molar-refractivity contribution is 6.23. The van der Waals surface area contributed by atoms with E-state index in [-0.39, 0.29) is 29.1 Å². The molecule has 2 bridgehead atoms. The molecule has 1 spiro atoms. The Hall–Kier alpha value is -1.90. The SMILES string of the molecule is Cc1ccc(N2C(=O)[C@@H]3[C@@H](C2=O)[C@@H]2C=C[C@H]3C23CC3)cc1C. The smallest absolute Gasteiger partial charge is 0.238 e. The van der Waals surface area contributed by atoms with Crippen molar-refractivity contribution in [3.63, 3.8) is 0 Å². The molecule has 1 saturated heterocycles.